The predicted octanol–water partition coefficient (Wildman–Crippen LogP) is 5.29. The Bertz CT molecular complexity index is 1010. The molecule has 3 aromatic carbocycles. The fraction of sp³-hybridized carbons (Fsp3) is 0.200. The Morgan fingerprint density at radius 1 is 0.867 bits per heavy atom. The summed E-state index contributed by atoms with van der Waals surface area (Å²) in [5, 5.41) is 6.31. The van der Waals surface area contributed by atoms with Crippen molar-refractivity contribution in [2.24, 2.45) is 0 Å². The van der Waals surface area contributed by atoms with Crippen LogP contribution < -0.4 is 10.6 Å². The van der Waals surface area contributed by atoms with E-state index in [1.165, 1.54) is 5.56 Å². The van der Waals surface area contributed by atoms with Gasteiger partial charge in [0.2, 0.25) is 0 Å². The number of nitrogens with one attached hydrogen (secondary N) is 2. The maximum Gasteiger partial charge on any atom is 0.338 e. The number of rotatable bonds is 8. The zero-order valence-corrected chi connectivity index (χ0v) is 17.3. The molecule has 154 valence electrons. The average Bonchev–Trinajstić information content (AvgIpc) is 2.78. The van der Waals surface area contributed by atoms with Gasteiger partial charge in [0, 0.05) is 23.5 Å². The number of aryl methyl sites for hydroxylation is 1. The second-order valence-corrected chi connectivity index (χ2v) is 6.82. The van der Waals surface area contributed by atoms with E-state index in [0.29, 0.717) is 30.0 Å². The molecule has 0 fully saturated rings. The smallest absolute Gasteiger partial charge is 0.338 e. The summed E-state index contributed by atoms with van der Waals surface area (Å²) in [5.74, 6) is -0.574. The molecule has 0 spiro atoms. The van der Waals surface area contributed by atoms with Crippen molar-refractivity contribution in [2.45, 2.75) is 26.8 Å². The normalized spacial score (nSPS) is 10.3. The second-order valence-electron chi connectivity index (χ2n) is 6.82. The van der Waals surface area contributed by atoms with Gasteiger partial charge in [-0.3, -0.25) is 4.79 Å². The Balaban J connectivity index is 1.63. The van der Waals surface area contributed by atoms with Crippen LogP contribution in [-0.4, -0.2) is 18.5 Å². The zero-order chi connectivity index (χ0) is 21.3. The molecule has 0 bridgehead atoms. The first-order chi connectivity index (χ1) is 14.6. The molecule has 3 rings (SSSR count). The number of amides is 1. The van der Waals surface area contributed by atoms with Crippen molar-refractivity contribution < 1.29 is 14.3 Å². The third-order valence-corrected chi connectivity index (χ3v) is 4.72. The molecule has 0 atom stereocenters. The van der Waals surface area contributed by atoms with Crippen LogP contribution >= 0.6 is 0 Å². The van der Waals surface area contributed by atoms with Crippen LogP contribution in [0.2, 0.25) is 0 Å². The quantitative estimate of drug-likeness (QED) is 0.503. The minimum absolute atomic E-state index is 0.199. The van der Waals surface area contributed by atoms with E-state index in [1.54, 1.807) is 37.3 Å². The van der Waals surface area contributed by atoms with Gasteiger partial charge in [-0.05, 0) is 66.9 Å². The van der Waals surface area contributed by atoms with E-state index in [0.717, 1.165) is 17.7 Å². The van der Waals surface area contributed by atoms with Crippen LogP contribution in [0.3, 0.4) is 0 Å². The monoisotopic (exact) mass is 402 g/mol. The summed E-state index contributed by atoms with van der Waals surface area (Å²) >= 11 is 0. The molecule has 30 heavy (non-hydrogen) atoms. The maximum absolute atomic E-state index is 12.6. The fourth-order valence-corrected chi connectivity index (χ4v) is 3.13. The van der Waals surface area contributed by atoms with Gasteiger partial charge in [-0.25, -0.2) is 4.79 Å². The predicted molar refractivity (Wildman–Crippen MR) is 120 cm³/mol. The number of hydrogen-bond donors (Lipinski definition) is 2. The summed E-state index contributed by atoms with van der Waals surface area (Å²) in [6.07, 6.45) is 0.959. The van der Waals surface area contributed by atoms with Gasteiger partial charge in [0.1, 0.15) is 0 Å². The van der Waals surface area contributed by atoms with E-state index in [9.17, 15) is 9.59 Å². The van der Waals surface area contributed by atoms with Gasteiger partial charge < -0.3 is 15.4 Å². The lowest BCUT2D eigenvalue weighted by Crippen LogP contribution is -2.13. The van der Waals surface area contributed by atoms with Gasteiger partial charge in [-0.15, -0.1) is 0 Å². The summed E-state index contributed by atoms with van der Waals surface area (Å²) in [5.41, 5.74) is 5.04. The highest BCUT2D eigenvalue weighted by Crippen LogP contribution is 2.18. The lowest BCUT2D eigenvalue weighted by atomic mass is 10.1. The van der Waals surface area contributed by atoms with Gasteiger partial charge >= 0.3 is 5.97 Å². The van der Waals surface area contributed by atoms with Crippen molar-refractivity contribution in [1.82, 2.24) is 0 Å². The Hall–Kier alpha value is -3.60. The van der Waals surface area contributed by atoms with Crippen LogP contribution in [-0.2, 0) is 17.7 Å². The number of benzene rings is 3. The molecule has 0 aliphatic rings. The topological polar surface area (TPSA) is 67.4 Å². The highest BCUT2D eigenvalue weighted by molar-refractivity contribution is 6.04. The zero-order valence-electron chi connectivity index (χ0n) is 17.3. The third kappa shape index (κ3) is 5.47. The summed E-state index contributed by atoms with van der Waals surface area (Å²) < 4.78 is 4.97. The van der Waals surface area contributed by atoms with E-state index in [4.69, 9.17) is 4.74 Å². The number of ether oxygens (including phenoxy) is 1. The molecule has 0 aromatic heterocycles. The van der Waals surface area contributed by atoms with Crippen molar-refractivity contribution in [2.75, 3.05) is 17.2 Å². The molecule has 0 saturated heterocycles. The Morgan fingerprint density at radius 2 is 1.63 bits per heavy atom. The molecule has 0 heterocycles. The molecular formula is C25H26N2O3. The molecule has 0 saturated carbocycles. The van der Waals surface area contributed by atoms with Crippen molar-refractivity contribution >= 4 is 23.3 Å². The number of para-hydroxylation sites is 1. The lowest BCUT2D eigenvalue weighted by Gasteiger charge is -2.12. The average molecular weight is 402 g/mol. The molecule has 0 aliphatic heterocycles. The largest absolute Gasteiger partial charge is 0.462 e. The van der Waals surface area contributed by atoms with Crippen molar-refractivity contribution in [3.05, 3.63) is 95.1 Å². The molecule has 5 heteroatoms. The molecule has 5 nitrogen and oxygen atoms in total. The first kappa shape index (κ1) is 21.1. The SMILES string of the molecule is CCOC(=O)c1ccc(NC(=O)c2cccc(CNc3ccccc3CC)c2)cc1. The Kier molecular flexibility index (Phi) is 7.22. The van der Waals surface area contributed by atoms with Crippen LogP contribution in [0.4, 0.5) is 11.4 Å². The van der Waals surface area contributed by atoms with E-state index in [-0.39, 0.29) is 11.9 Å². The van der Waals surface area contributed by atoms with Crippen LogP contribution in [0.5, 0.6) is 0 Å². The van der Waals surface area contributed by atoms with E-state index < -0.39 is 0 Å². The molecule has 3 aromatic rings. The second kappa shape index (κ2) is 10.3. The summed E-state index contributed by atoms with van der Waals surface area (Å²) in [6.45, 7) is 4.85. The molecular weight excluding hydrogens is 376 g/mol. The number of carbonyl (C=O) groups excluding carboxylic acids is 2. The van der Waals surface area contributed by atoms with Gasteiger partial charge in [-0.2, -0.15) is 0 Å². The van der Waals surface area contributed by atoms with E-state index in [2.05, 4.69) is 29.7 Å². The first-order valence-electron chi connectivity index (χ1n) is 10.1. The van der Waals surface area contributed by atoms with Crippen molar-refractivity contribution in [3.8, 4) is 0 Å². The van der Waals surface area contributed by atoms with Crippen molar-refractivity contribution in [3.63, 3.8) is 0 Å². The summed E-state index contributed by atoms with van der Waals surface area (Å²) in [4.78, 5) is 24.4. The molecule has 1 amide bonds. The molecule has 0 unspecified atom stereocenters. The molecule has 2 N–H and O–H groups in total. The van der Waals surface area contributed by atoms with E-state index >= 15 is 0 Å². The number of esters is 1. The van der Waals surface area contributed by atoms with Gasteiger partial charge in [0.05, 0.1) is 12.2 Å². The van der Waals surface area contributed by atoms with Gasteiger partial charge in [0.15, 0.2) is 0 Å². The molecule has 0 radical (unpaired) electrons. The summed E-state index contributed by atoms with van der Waals surface area (Å²) in [6, 6.07) is 22.4. The third-order valence-electron chi connectivity index (χ3n) is 4.72. The van der Waals surface area contributed by atoms with E-state index in [1.807, 2.05) is 30.3 Å². The fourth-order valence-electron chi connectivity index (χ4n) is 3.13. The number of anilines is 2. The van der Waals surface area contributed by atoms with Gasteiger partial charge in [-0.1, -0.05) is 37.3 Å². The van der Waals surface area contributed by atoms with Crippen molar-refractivity contribution in [1.29, 1.82) is 0 Å². The minimum Gasteiger partial charge on any atom is -0.462 e. The number of hydrogen-bond acceptors (Lipinski definition) is 4. The van der Waals surface area contributed by atoms with Gasteiger partial charge in [0.25, 0.3) is 5.91 Å². The maximum atomic E-state index is 12.6. The highest BCUT2D eigenvalue weighted by atomic mass is 16.5. The van der Waals surface area contributed by atoms with Crippen LogP contribution in [0.1, 0.15) is 45.7 Å². The molecule has 0 aliphatic carbocycles. The number of carbonyl (C=O) groups is 2. The highest BCUT2D eigenvalue weighted by Gasteiger charge is 2.09. The Labute approximate surface area is 177 Å². The van der Waals surface area contributed by atoms with Crippen LogP contribution in [0.25, 0.3) is 0 Å². The Morgan fingerprint density at radius 3 is 2.37 bits per heavy atom. The lowest BCUT2D eigenvalue weighted by molar-refractivity contribution is 0.0526. The minimum atomic E-state index is -0.375. The summed E-state index contributed by atoms with van der Waals surface area (Å²) in [7, 11) is 0. The van der Waals surface area contributed by atoms with Crippen LogP contribution in [0.15, 0.2) is 72.8 Å². The van der Waals surface area contributed by atoms with Crippen LogP contribution in [0, 0.1) is 0 Å². The standard InChI is InChI=1S/C25H26N2O3/c1-3-19-9-5-6-11-23(19)26-17-18-8-7-10-21(16-18)24(28)27-22-14-12-20(13-15-22)25(29)30-4-2/h5-16,26H,3-4,17H2,1-2H3,(H,27,28). The first-order valence-corrected chi connectivity index (χ1v) is 10.1.